The summed E-state index contributed by atoms with van der Waals surface area (Å²) in [7, 11) is 1.51. The van der Waals surface area contributed by atoms with Crippen molar-refractivity contribution in [2.75, 3.05) is 19.1 Å². The van der Waals surface area contributed by atoms with E-state index in [1.54, 1.807) is 12.1 Å². The SMILES string of the molecule is COc1ccc(CNNc2ccccc2)cc1OCC(=O)O. The van der Waals surface area contributed by atoms with Crippen molar-refractivity contribution in [1.82, 2.24) is 5.43 Å². The van der Waals surface area contributed by atoms with Crippen molar-refractivity contribution in [3.8, 4) is 11.5 Å². The molecule has 0 unspecified atom stereocenters. The number of carbonyl (C=O) groups is 1. The van der Waals surface area contributed by atoms with Crippen LogP contribution in [0.15, 0.2) is 48.5 Å². The minimum absolute atomic E-state index is 0.406. The van der Waals surface area contributed by atoms with Crippen LogP contribution in [0.4, 0.5) is 5.69 Å². The Balaban J connectivity index is 1.95. The molecule has 116 valence electrons. The van der Waals surface area contributed by atoms with Crippen LogP contribution >= 0.6 is 0 Å². The fraction of sp³-hybridized carbons (Fsp3) is 0.188. The summed E-state index contributed by atoms with van der Waals surface area (Å²) >= 11 is 0. The number of hydrogen-bond donors (Lipinski definition) is 3. The lowest BCUT2D eigenvalue weighted by Crippen LogP contribution is -2.20. The van der Waals surface area contributed by atoms with E-state index in [2.05, 4.69) is 10.9 Å². The van der Waals surface area contributed by atoms with Gasteiger partial charge in [0.15, 0.2) is 18.1 Å². The van der Waals surface area contributed by atoms with E-state index in [0.717, 1.165) is 11.3 Å². The highest BCUT2D eigenvalue weighted by Crippen LogP contribution is 2.28. The number of nitrogens with one attached hydrogen (secondary N) is 2. The van der Waals surface area contributed by atoms with Crippen LogP contribution in [0.2, 0.25) is 0 Å². The number of carboxylic acid groups (broad SMARTS) is 1. The Bertz CT molecular complexity index is 617. The summed E-state index contributed by atoms with van der Waals surface area (Å²) < 4.78 is 10.4. The summed E-state index contributed by atoms with van der Waals surface area (Å²) in [4.78, 5) is 10.6. The Kier molecular flexibility index (Phi) is 5.62. The number of carboxylic acids is 1. The predicted octanol–water partition coefficient (Wildman–Crippen LogP) is 2.28. The Morgan fingerprint density at radius 2 is 1.91 bits per heavy atom. The van der Waals surface area contributed by atoms with Crippen molar-refractivity contribution in [3.63, 3.8) is 0 Å². The van der Waals surface area contributed by atoms with Gasteiger partial charge in [-0.3, -0.25) is 0 Å². The summed E-state index contributed by atoms with van der Waals surface area (Å²) in [5, 5.41) is 8.69. The number of benzene rings is 2. The van der Waals surface area contributed by atoms with Crippen LogP contribution < -0.4 is 20.3 Å². The second kappa shape index (κ2) is 7.90. The lowest BCUT2D eigenvalue weighted by Gasteiger charge is -2.12. The molecule has 0 fully saturated rings. The Morgan fingerprint density at radius 1 is 1.14 bits per heavy atom. The third-order valence-corrected chi connectivity index (χ3v) is 2.88. The van der Waals surface area contributed by atoms with E-state index in [0.29, 0.717) is 18.0 Å². The van der Waals surface area contributed by atoms with Crippen LogP contribution in [0.5, 0.6) is 11.5 Å². The zero-order valence-electron chi connectivity index (χ0n) is 12.2. The molecule has 0 radical (unpaired) electrons. The van der Waals surface area contributed by atoms with E-state index in [-0.39, 0.29) is 0 Å². The molecule has 0 heterocycles. The van der Waals surface area contributed by atoms with Gasteiger partial charge in [0.1, 0.15) is 0 Å². The van der Waals surface area contributed by atoms with Gasteiger partial charge in [0.2, 0.25) is 0 Å². The third kappa shape index (κ3) is 4.68. The molecule has 2 aromatic carbocycles. The minimum atomic E-state index is -1.03. The number of anilines is 1. The van der Waals surface area contributed by atoms with E-state index in [9.17, 15) is 4.79 Å². The van der Waals surface area contributed by atoms with Gasteiger partial charge in [-0.05, 0) is 29.8 Å². The Labute approximate surface area is 128 Å². The maximum Gasteiger partial charge on any atom is 0.341 e. The molecule has 0 atom stereocenters. The lowest BCUT2D eigenvalue weighted by molar-refractivity contribution is -0.139. The number of hydrazine groups is 1. The van der Waals surface area contributed by atoms with E-state index in [1.165, 1.54) is 7.11 Å². The number of rotatable bonds is 8. The fourth-order valence-electron chi connectivity index (χ4n) is 1.85. The standard InChI is InChI=1S/C16H18N2O4/c1-21-14-8-7-12(9-15(14)22-11-16(19)20)10-17-18-13-5-3-2-4-6-13/h2-9,17-18H,10-11H2,1H3,(H,19,20). The van der Waals surface area contributed by atoms with Gasteiger partial charge in [0.25, 0.3) is 0 Å². The van der Waals surface area contributed by atoms with Crippen LogP contribution in [0, 0.1) is 0 Å². The molecule has 0 aliphatic heterocycles. The zero-order valence-corrected chi connectivity index (χ0v) is 12.2. The van der Waals surface area contributed by atoms with Gasteiger partial charge in [-0.1, -0.05) is 24.3 Å². The maximum absolute atomic E-state index is 10.6. The number of aliphatic carboxylic acids is 1. The van der Waals surface area contributed by atoms with Crippen LogP contribution in [0.1, 0.15) is 5.56 Å². The molecule has 2 aromatic rings. The molecule has 2 rings (SSSR count). The monoisotopic (exact) mass is 302 g/mol. The normalized spacial score (nSPS) is 10.0. The molecule has 0 amide bonds. The van der Waals surface area contributed by atoms with E-state index < -0.39 is 12.6 Å². The van der Waals surface area contributed by atoms with Crippen molar-refractivity contribution in [2.45, 2.75) is 6.54 Å². The molecular formula is C16H18N2O4. The molecule has 0 saturated carbocycles. The molecule has 0 spiro atoms. The highest BCUT2D eigenvalue weighted by atomic mass is 16.5. The minimum Gasteiger partial charge on any atom is -0.493 e. The maximum atomic E-state index is 10.6. The van der Waals surface area contributed by atoms with E-state index in [4.69, 9.17) is 14.6 Å². The molecular weight excluding hydrogens is 284 g/mol. The van der Waals surface area contributed by atoms with Gasteiger partial charge >= 0.3 is 5.97 Å². The third-order valence-electron chi connectivity index (χ3n) is 2.88. The largest absolute Gasteiger partial charge is 0.493 e. The molecule has 0 saturated heterocycles. The van der Waals surface area contributed by atoms with E-state index >= 15 is 0 Å². The molecule has 0 bridgehead atoms. The predicted molar refractivity (Wildman–Crippen MR) is 83.0 cm³/mol. The first-order valence-corrected chi connectivity index (χ1v) is 6.74. The summed E-state index contributed by atoms with van der Waals surface area (Å²) in [5.41, 5.74) is 8.05. The van der Waals surface area contributed by atoms with Crippen LogP contribution in [-0.2, 0) is 11.3 Å². The average Bonchev–Trinajstić information content (AvgIpc) is 2.54. The average molecular weight is 302 g/mol. The highest BCUT2D eigenvalue weighted by molar-refractivity contribution is 5.68. The second-order valence-electron chi connectivity index (χ2n) is 4.51. The van der Waals surface area contributed by atoms with Gasteiger partial charge in [-0.2, -0.15) is 0 Å². The highest BCUT2D eigenvalue weighted by Gasteiger charge is 2.08. The lowest BCUT2D eigenvalue weighted by atomic mass is 10.2. The molecule has 6 heteroatoms. The molecule has 22 heavy (non-hydrogen) atoms. The quantitative estimate of drug-likeness (QED) is 0.649. The first-order valence-electron chi connectivity index (χ1n) is 6.74. The van der Waals surface area contributed by atoms with Gasteiger partial charge in [0, 0.05) is 12.2 Å². The van der Waals surface area contributed by atoms with Crippen molar-refractivity contribution < 1.29 is 19.4 Å². The Hall–Kier alpha value is -2.73. The van der Waals surface area contributed by atoms with E-state index in [1.807, 2.05) is 36.4 Å². The smallest absolute Gasteiger partial charge is 0.341 e. The van der Waals surface area contributed by atoms with Crippen molar-refractivity contribution >= 4 is 11.7 Å². The van der Waals surface area contributed by atoms with Crippen molar-refractivity contribution in [2.24, 2.45) is 0 Å². The van der Waals surface area contributed by atoms with Gasteiger partial charge in [-0.25, -0.2) is 10.2 Å². The molecule has 3 N–H and O–H groups in total. The molecule has 0 aliphatic rings. The first kappa shape index (κ1) is 15.7. The van der Waals surface area contributed by atoms with Crippen LogP contribution in [-0.4, -0.2) is 24.8 Å². The molecule has 0 aromatic heterocycles. The van der Waals surface area contributed by atoms with Crippen molar-refractivity contribution in [3.05, 3.63) is 54.1 Å². The van der Waals surface area contributed by atoms with Crippen molar-refractivity contribution in [1.29, 1.82) is 0 Å². The van der Waals surface area contributed by atoms with Gasteiger partial charge in [-0.15, -0.1) is 0 Å². The zero-order chi connectivity index (χ0) is 15.8. The summed E-state index contributed by atoms with van der Waals surface area (Å²) in [5.74, 6) is -0.124. The first-order chi connectivity index (χ1) is 10.7. The topological polar surface area (TPSA) is 79.8 Å². The van der Waals surface area contributed by atoms with Crippen LogP contribution in [0.3, 0.4) is 0 Å². The van der Waals surface area contributed by atoms with Crippen LogP contribution in [0.25, 0.3) is 0 Å². The second-order valence-corrected chi connectivity index (χ2v) is 4.51. The number of methoxy groups -OCH3 is 1. The summed E-state index contributed by atoms with van der Waals surface area (Å²) in [6, 6.07) is 15.1. The number of para-hydroxylation sites is 1. The van der Waals surface area contributed by atoms with Gasteiger partial charge in [0.05, 0.1) is 7.11 Å². The number of ether oxygens (including phenoxy) is 2. The van der Waals surface area contributed by atoms with Gasteiger partial charge < -0.3 is 20.0 Å². The summed E-state index contributed by atoms with van der Waals surface area (Å²) in [6.07, 6.45) is 0. The fourth-order valence-corrected chi connectivity index (χ4v) is 1.85. The molecule has 0 aliphatic carbocycles. The number of hydrogen-bond acceptors (Lipinski definition) is 5. The summed E-state index contributed by atoms with van der Waals surface area (Å²) in [6.45, 7) is 0.137. The molecule has 6 nitrogen and oxygen atoms in total. The Morgan fingerprint density at radius 3 is 2.59 bits per heavy atom.